The van der Waals surface area contributed by atoms with Gasteiger partial charge in [-0.05, 0) is 56.3 Å². The maximum atomic E-state index is 13.0. The Balaban J connectivity index is 1.57. The summed E-state index contributed by atoms with van der Waals surface area (Å²) in [5, 5.41) is 11.6. The molecule has 1 heterocycles. The number of aromatic nitrogens is 3. The zero-order chi connectivity index (χ0) is 25.7. The van der Waals surface area contributed by atoms with Crippen LogP contribution in [0.5, 0.6) is 5.75 Å². The van der Waals surface area contributed by atoms with E-state index in [2.05, 4.69) is 15.5 Å². The van der Waals surface area contributed by atoms with Gasteiger partial charge < -0.3 is 10.1 Å². The highest BCUT2D eigenvalue weighted by atomic mass is 32.2. The van der Waals surface area contributed by atoms with Gasteiger partial charge in [-0.2, -0.15) is 13.2 Å². The minimum atomic E-state index is -4.49. The summed E-state index contributed by atoms with van der Waals surface area (Å²) in [5.74, 6) is 0.789. The molecule has 0 aliphatic heterocycles. The molecule has 0 aliphatic carbocycles. The number of alkyl halides is 3. The maximum Gasteiger partial charge on any atom is 0.416 e. The van der Waals surface area contributed by atoms with Crippen molar-refractivity contribution < 1.29 is 22.7 Å². The molecule has 3 aromatic carbocycles. The summed E-state index contributed by atoms with van der Waals surface area (Å²) >= 11 is 1.14. The average molecular weight is 513 g/mol. The average Bonchev–Trinajstić information content (AvgIpc) is 3.27. The van der Waals surface area contributed by atoms with Crippen molar-refractivity contribution in [2.24, 2.45) is 0 Å². The second kappa shape index (κ2) is 10.9. The summed E-state index contributed by atoms with van der Waals surface area (Å²) in [4.78, 5) is 12.5. The Kier molecular flexibility index (Phi) is 7.64. The molecule has 0 radical (unpaired) electrons. The van der Waals surface area contributed by atoms with E-state index in [1.807, 2.05) is 66.9 Å². The highest BCUT2D eigenvalue weighted by Crippen LogP contribution is 2.31. The van der Waals surface area contributed by atoms with E-state index in [4.69, 9.17) is 4.74 Å². The second-order valence-corrected chi connectivity index (χ2v) is 8.79. The molecule has 0 atom stereocenters. The van der Waals surface area contributed by atoms with Gasteiger partial charge in [0.1, 0.15) is 5.75 Å². The fraction of sp³-hybridized carbons (Fsp3) is 0.192. The number of carbonyl (C=O) groups excluding carboxylic acids is 1. The van der Waals surface area contributed by atoms with Crippen LogP contribution in [0.2, 0.25) is 0 Å². The minimum absolute atomic E-state index is 0.0701. The third-order valence-electron chi connectivity index (χ3n) is 5.16. The van der Waals surface area contributed by atoms with Crippen LogP contribution in [0, 0.1) is 6.92 Å². The number of benzene rings is 3. The van der Waals surface area contributed by atoms with E-state index >= 15 is 0 Å². The minimum Gasteiger partial charge on any atom is -0.494 e. The lowest BCUT2D eigenvalue weighted by Gasteiger charge is -2.12. The van der Waals surface area contributed by atoms with Crippen LogP contribution < -0.4 is 10.1 Å². The fourth-order valence-corrected chi connectivity index (χ4v) is 4.20. The van der Waals surface area contributed by atoms with E-state index in [1.165, 1.54) is 12.1 Å². The van der Waals surface area contributed by atoms with E-state index in [9.17, 15) is 18.0 Å². The van der Waals surface area contributed by atoms with Gasteiger partial charge >= 0.3 is 6.18 Å². The van der Waals surface area contributed by atoms with Crippen LogP contribution >= 0.6 is 11.8 Å². The van der Waals surface area contributed by atoms with Crippen LogP contribution in [-0.2, 0) is 11.0 Å². The number of hydrogen-bond donors (Lipinski definition) is 1. The van der Waals surface area contributed by atoms with Crippen molar-refractivity contribution in [3.05, 3.63) is 83.9 Å². The summed E-state index contributed by atoms with van der Waals surface area (Å²) in [7, 11) is 0. The fourth-order valence-electron chi connectivity index (χ4n) is 3.44. The molecule has 36 heavy (non-hydrogen) atoms. The van der Waals surface area contributed by atoms with Gasteiger partial charge in [0.2, 0.25) is 5.91 Å². The third kappa shape index (κ3) is 6.06. The number of thioether (sulfide) groups is 1. The molecule has 1 aromatic heterocycles. The number of amides is 1. The highest BCUT2D eigenvalue weighted by molar-refractivity contribution is 7.99. The van der Waals surface area contributed by atoms with Gasteiger partial charge in [-0.3, -0.25) is 9.36 Å². The van der Waals surface area contributed by atoms with E-state index in [-0.39, 0.29) is 11.4 Å². The first-order chi connectivity index (χ1) is 17.2. The van der Waals surface area contributed by atoms with E-state index in [0.717, 1.165) is 46.5 Å². The predicted molar refractivity (Wildman–Crippen MR) is 133 cm³/mol. The monoisotopic (exact) mass is 512 g/mol. The number of hydrogen-bond acceptors (Lipinski definition) is 5. The molecule has 1 N–H and O–H groups in total. The van der Waals surface area contributed by atoms with Crippen LogP contribution in [0.4, 0.5) is 18.9 Å². The molecule has 1 amide bonds. The van der Waals surface area contributed by atoms with Crippen LogP contribution in [0.3, 0.4) is 0 Å². The van der Waals surface area contributed by atoms with Gasteiger partial charge in [0, 0.05) is 16.9 Å². The summed E-state index contributed by atoms with van der Waals surface area (Å²) in [6.45, 7) is 4.44. The summed E-state index contributed by atoms with van der Waals surface area (Å²) in [6, 6.07) is 19.8. The van der Waals surface area contributed by atoms with Crippen molar-refractivity contribution in [1.29, 1.82) is 0 Å². The maximum absolute atomic E-state index is 13.0. The molecule has 0 fully saturated rings. The van der Waals surface area contributed by atoms with Crippen molar-refractivity contribution >= 4 is 23.4 Å². The van der Waals surface area contributed by atoms with E-state index in [0.29, 0.717) is 17.6 Å². The van der Waals surface area contributed by atoms with Crippen molar-refractivity contribution in [1.82, 2.24) is 14.8 Å². The SMILES string of the molecule is CCOc1ccc(-n2c(SCC(=O)Nc3cccc(C(F)(F)F)c3)nnc2-c2ccc(C)cc2)cc1. The molecular formula is C26H23F3N4O2S. The Labute approximate surface area is 210 Å². The lowest BCUT2D eigenvalue weighted by molar-refractivity contribution is -0.137. The van der Waals surface area contributed by atoms with Gasteiger partial charge in [0.25, 0.3) is 0 Å². The van der Waals surface area contributed by atoms with Crippen LogP contribution in [0.1, 0.15) is 18.1 Å². The third-order valence-corrected chi connectivity index (χ3v) is 6.08. The van der Waals surface area contributed by atoms with Crippen LogP contribution in [0.15, 0.2) is 78.0 Å². The lowest BCUT2D eigenvalue weighted by atomic mass is 10.1. The van der Waals surface area contributed by atoms with Gasteiger partial charge in [0.05, 0.1) is 17.9 Å². The summed E-state index contributed by atoms with van der Waals surface area (Å²) < 4.78 is 46.3. The number of nitrogens with zero attached hydrogens (tertiary/aromatic N) is 3. The number of ether oxygens (including phenoxy) is 1. The number of halogens is 3. The molecule has 0 saturated heterocycles. The Morgan fingerprint density at radius 1 is 1.03 bits per heavy atom. The topological polar surface area (TPSA) is 69.0 Å². The lowest BCUT2D eigenvalue weighted by Crippen LogP contribution is -2.15. The van der Waals surface area contributed by atoms with Crippen molar-refractivity contribution in [3.8, 4) is 22.8 Å². The molecule has 0 bridgehead atoms. The number of anilines is 1. The largest absolute Gasteiger partial charge is 0.494 e. The summed E-state index contributed by atoms with van der Waals surface area (Å²) in [6.07, 6.45) is -4.49. The van der Waals surface area contributed by atoms with Crippen LogP contribution in [0.25, 0.3) is 17.1 Å². The van der Waals surface area contributed by atoms with Gasteiger partial charge in [0.15, 0.2) is 11.0 Å². The smallest absolute Gasteiger partial charge is 0.416 e. The first-order valence-electron chi connectivity index (χ1n) is 11.1. The molecule has 4 rings (SSSR count). The normalized spacial score (nSPS) is 11.4. The molecule has 10 heteroatoms. The first kappa shape index (κ1) is 25.3. The molecule has 186 valence electrons. The van der Waals surface area contributed by atoms with Gasteiger partial charge in [-0.25, -0.2) is 0 Å². The van der Waals surface area contributed by atoms with Crippen molar-refractivity contribution in [3.63, 3.8) is 0 Å². The number of rotatable bonds is 8. The van der Waals surface area contributed by atoms with Crippen LogP contribution in [-0.4, -0.2) is 33.0 Å². The van der Waals surface area contributed by atoms with Crippen molar-refractivity contribution in [2.45, 2.75) is 25.2 Å². The van der Waals surface area contributed by atoms with Gasteiger partial charge in [-0.1, -0.05) is 47.7 Å². The molecule has 0 spiro atoms. The first-order valence-corrected chi connectivity index (χ1v) is 12.1. The quantitative estimate of drug-likeness (QED) is 0.277. The van der Waals surface area contributed by atoms with E-state index in [1.54, 1.807) is 0 Å². The molecule has 4 aromatic rings. The number of nitrogens with one attached hydrogen (secondary N) is 1. The summed E-state index contributed by atoms with van der Waals surface area (Å²) in [5.41, 5.74) is 1.98. The Morgan fingerprint density at radius 3 is 2.42 bits per heavy atom. The van der Waals surface area contributed by atoms with Gasteiger partial charge in [-0.15, -0.1) is 10.2 Å². The molecular weight excluding hydrogens is 489 g/mol. The molecule has 0 unspecified atom stereocenters. The van der Waals surface area contributed by atoms with Crippen molar-refractivity contribution in [2.75, 3.05) is 17.7 Å². The second-order valence-electron chi connectivity index (χ2n) is 7.85. The zero-order valence-corrected chi connectivity index (χ0v) is 20.4. The Hall–Kier alpha value is -3.79. The molecule has 6 nitrogen and oxygen atoms in total. The number of aryl methyl sites for hydroxylation is 1. The number of carbonyl (C=O) groups is 1. The Morgan fingerprint density at radius 2 is 1.75 bits per heavy atom. The van der Waals surface area contributed by atoms with E-state index < -0.39 is 17.6 Å². The molecule has 0 aliphatic rings. The highest BCUT2D eigenvalue weighted by Gasteiger charge is 2.30. The Bertz CT molecular complexity index is 1340. The zero-order valence-electron chi connectivity index (χ0n) is 19.5. The predicted octanol–water partition coefficient (Wildman–Crippen LogP) is 6.39. The standard InChI is InChI=1S/C26H23F3N4O2S/c1-3-35-22-13-11-21(12-14-22)33-24(18-9-7-17(2)8-10-18)31-32-25(33)36-16-23(34)30-20-6-4-5-19(15-20)26(27,28)29/h4-15H,3,16H2,1-2H3,(H,30,34). The molecule has 0 saturated carbocycles.